The van der Waals surface area contributed by atoms with Crippen molar-refractivity contribution in [1.82, 2.24) is 5.32 Å². The van der Waals surface area contributed by atoms with Crippen LogP contribution in [0.15, 0.2) is 24.3 Å². The van der Waals surface area contributed by atoms with Crippen LogP contribution in [0.3, 0.4) is 0 Å². The molecule has 0 spiro atoms. The highest BCUT2D eigenvalue weighted by molar-refractivity contribution is 7.98. The zero-order chi connectivity index (χ0) is 13.4. The maximum Gasteiger partial charge on any atom is 0.221 e. The van der Waals surface area contributed by atoms with E-state index < -0.39 is 0 Å². The molecule has 3 nitrogen and oxygen atoms in total. The molecular formula is C14H22N2OS. The molecule has 0 aliphatic rings. The zero-order valence-electron chi connectivity index (χ0n) is 11.3. The van der Waals surface area contributed by atoms with Gasteiger partial charge in [0.25, 0.3) is 0 Å². The van der Waals surface area contributed by atoms with Crippen molar-refractivity contribution in [3.05, 3.63) is 29.8 Å². The highest BCUT2D eigenvalue weighted by Crippen LogP contribution is 2.09. The van der Waals surface area contributed by atoms with E-state index >= 15 is 0 Å². The predicted octanol–water partition coefficient (Wildman–Crippen LogP) is 2.73. The standard InChI is InChI=1S/C14H22N2OS/c1-11(10-18-3)8-15-9-13-4-6-14(7-5-13)16-12(2)17/h4-7,11,15H,8-10H2,1-3H3,(H,16,17). The van der Waals surface area contributed by atoms with Crippen molar-refractivity contribution in [1.29, 1.82) is 0 Å². The summed E-state index contributed by atoms with van der Waals surface area (Å²) in [4.78, 5) is 10.9. The average Bonchev–Trinajstić information content (AvgIpc) is 2.31. The number of benzene rings is 1. The van der Waals surface area contributed by atoms with Crippen LogP contribution in [0.2, 0.25) is 0 Å². The summed E-state index contributed by atoms with van der Waals surface area (Å²) in [6.45, 7) is 5.68. The second-order valence-electron chi connectivity index (χ2n) is 4.57. The molecule has 0 heterocycles. The summed E-state index contributed by atoms with van der Waals surface area (Å²) >= 11 is 1.88. The molecule has 100 valence electrons. The van der Waals surface area contributed by atoms with E-state index in [0.29, 0.717) is 5.92 Å². The molecule has 1 aromatic carbocycles. The van der Waals surface area contributed by atoms with Crippen molar-refractivity contribution < 1.29 is 4.79 Å². The summed E-state index contributed by atoms with van der Waals surface area (Å²) in [6, 6.07) is 7.95. The number of carbonyl (C=O) groups is 1. The predicted molar refractivity (Wildman–Crippen MR) is 80.0 cm³/mol. The van der Waals surface area contributed by atoms with Crippen molar-refractivity contribution in [3.8, 4) is 0 Å². The molecule has 0 aromatic heterocycles. The highest BCUT2D eigenvalue weighted by Gasteiger charge is 2.00. The molecule has 0 saturated carbocycles. The van der Waals surface area contributed by atoms with E-state index in [2.05, 4.69) is 23.8 Å². The van der Waals surface area contributed by atoms with Gasteiger partial charge in [-0.1, -0.05) is 19.1 Å². The zero-order valence-corrected chi connectivity index (χ0v) is 12.1. The van der Waals surface area contributed by atoms with Gasteiger partial charge in [0, 0.05) is 19.2 Å². The summed E-state index contributed by atoms with van der Waals surface area (Å²) in [7, 11) is 0. The third-order valence-corrected chi connectivity index (χ3v) is 3.45. The van der Waals surface area contributed by atoms with Crippen LogP contribution in [0.5, 0.6) is 0 Å². The molecule has 18 heavy (non-hydrogen) atoms. The van der Waals surface area contributed by atoms with E-state index in [1.54, 1.807) is 0 Å². The van der Waals surface area contributed by atoms with E-state index in [9.17, 15) is 4.79 Å². The van der Waals surface area contributed by atoms with Crippen molar-refractivity contribution in [3.63, 3.8) is 0 Å². The molecule has 1 amide bonds. The lowest BCUT2D eigenvalue weighted by Crippen LogP contribution is -2.22. The van der Waals surface area contributed by atoms with Crippen LogP contribution in [0.1, 0.15) is 19.4 Å². The van der Waals surface area contributed by atoms with Gasteiger partial charge in [0.05, 0.1) is 0 Å². The first-order valence-corrected chi connectivity index (χ1v) is 7.57. The van der Waals surface area contributed by atoms with Gasteiger partial charge in [-0.3, -0.25) is 4.79 Å². The Morgan fingerprint density at radius 3 is 2.56 bits per heavy atom. The fourth-order valence-electron chi connectivity index (χ4n) is 1.72. The number of hydrogen-bond acceptors (Lipinski definition) is 3. The number of anilines is 1. The molecule has 1 aromatic rings. The topological polar surface area (TPSA) is 41.1 Å². The molecular weight excluding hydrogens is 244 g/mol. The van der Waals surface area contributed by atoms with Crippen LogP contribution in [0.25, 0.3) is 0 Å². The Bertz CT molecular complexity index is 365. The summed E-state index contributed by atoms with van der Waals surface area (Å²) in [5.74, 6) is 1.85. The Hall–Kier alpha value is -1.00. The quantitative estimate of drug-likeness (QED) is 0.797. The highest BCUT2D eigenvalue weighted by atomic mass is 32.2. The van der Waals surface area contributed by atoms with E-state index in [4.69, 9.17) is 0 Å². The summed E-state index contributed by atoms with van der Waals surface area (Å²) in [5, 5.41) is 6.21. The van der Waals surface area contributed by atoms with Crippen molar-refractivity contribution >= 4 is 23.4 Å². The largest absolute Gasteiger partial charge is 0.326 e. The summed E-state index contributed by atoms with van der Waals surface area (Å²) in [5.41, 5.74) is 2.09. The van der Waals surface area contributed by atoms with Crippen LogP contribution >= 0.6 is 11.8 Å². The van der Waals surface area contributed by atoms with Gasteiger partial charge in [-0.05, 0) is 42.2 Å². The first kappa shape index (κ1) is 15.1. The Balaban J connectivity index is 2.32. The van der Waals surface area contributed by atoms with E-state index in [1.807, 2.05) is 36.0 Å². The maximum atomic E-state index is 10.9. The Labute approximate surface area is 114 Å². The maximum absolute atomic E-state index is 10.9. The Kier molecular flexibility index (Phi) is 6.83. The molecule has 0 radical (unpaired) electrons. The number of rotatable bonds is 7. The Morgan fingerprint density at radius 1 is 1.33 bits per heavy atom. The summed E-state index contributed by atoms with van der Waals surface area (Å²) in [6.07, 6.45) is 2.14. The smallest absolute Gasteiger partial charge is 0.221 e. The van der Waals surface area contributed by atoms with E-state index in [1.165, 1.54) is 18.2 Å². The fourth-order valence-corrected chi connectivity index (χ4v) is 2.40. The molecule has 1 rings (SSSR count). The van der Waals surface area contributed by atoms with E-state index in [0.717, 1.165) is 18.8 Å². The van der Waals surface area contributed by atoms with Crippen LogP contribution in [0, 0.1) is 5.92 Å². The lowest BCUT2D eigenvalue weighted by Gasteiger charge is -2.11. The second-order valence-corrected chi connectivity index (χ2v) is 5.48. The lowest BCUT2D eigenvalue weighted by atomic mass is 10.2. The van der Waals surface area contributed by atoms with E-state index in [-0.39, 0.29) is 5.91 Å². The molecule has 0 aliphatic heterocycles. The monoisotopic (exact) mass is 266 g/mol. The van der Waals surface area contributed by atoms with Gasteiger partial charge in [-0.15, -0.1) is 0 Å². The summed E-state index contributed by atoms with van der Waals surface area (Å²) < 4.78 is 0. The average molecular weight is 266 g/mol. The number of thioether (sulfide) groups is 1. The molecule has 0 fully saturated rings. The number of hydrogen-bond donors (Lipinski definition) is 2. The second kappa shape index (κ2) is 8.16. The number of nitrogens with one attached hydrogen (secondary N) is 2. The van der Waals surface area contributed by atoms with Gasteiger partial charge in [0.2, 0.25) is 5.91 Å². The molecule has 0 bridgehead atoms. The van der Waals surface area contributed by atoms with Gasteiger partial charge in [-0.2, -0.15) is 11.8 Å². The molecule has 1 unspecified atom stereocenters. The third kappa shape index (κ3) is 6.07. The van der Waals surface area contributed by atoms with Gasteiger partial charge in [-0.25, -0.2) is 0 Å². The molecule has 0 aliphatic carbocycles. The minimum Gasteiger partial charge on any atom is -0.326 e. The first-order chi connectivity index (χ1) is 8.61. The van der Waals surface area contributed by atoms with Crippen LogP contribution in [0.4, 0.5) is 5.69 Å². The number of carbonyl (C=O) groups excluding carboxylic acids is 1. The van der Waals surface area contributed by atoms with Crippen molar-refractivity contribution in [2.75, 3.05) is 23.9 Å². The van der Waals surface area contributed by atoms with Crippen molar-refractivity contribution in [2.24, 2.45) is 5.92 Å². The van der Waals surface area contributed by atoms with Gasteiger partial charge in [0.1, 0.15) is 0 Å². The van der Waals surface area contributed by atoms with Gasteiger partial charge in [0.15, 0.2) is 0 Å². The normalized spacial score (nSPS) is 12.2. The lowest BCUT2D eigenvalue weighted by molar-refractivity contribution is -0.114. The van der Waals surface area contributed by atoms with Crippen LogP contribution in [-0.2, 0) is 11.3 Å². The number of amides is 1. The third-order valence-electron chi connectivity index (χ3n) is 2.55. The van der Waals surface area contributed by atoms with Crippen LogP contribution < -0.4 is 10.6 Å². The minimum atomic E-state index is -0.0354. The molecule has 0 saturated heterocycles. The van der Waals surface area contributed by atoms with Gasteiger partial charge >= 0.3 is 0 Å². The fraction of sp³-hybridized carbons (Fsp3) is 0.500. The van der Waals surface area contributed by atoms with Gasteiger partial charge < -0.3 is 10.6 Å². The Morgan fingerprint density at radius 2 is 2.00 bits per heavy atom. The molecule has 1 atom stereocenters. The SMILES string of the molecule is CSCC(C)CNCc1ccc(NC(C)=O)cc1. The van der Waals surface area contributed by atoms with Crippen molar-refractivity contribution in [2.45, 2.75) is 20.4 Å². The molecule has 2 N–H and O–H groups in total. The minimum absolute atomic E-state index is 0.0354. The first-order valence-electron chi connectivity index (χ1n) is 6.18. The molecule has 4 heteroatoms. The van der Waals surface area contributed by atoms with Crippen LogP contribution in [-0.4, -0.2) is 24.5 Å².